The lowest BCUT2D eigenvalue weighted by molar-refractivity contribution is 0.0699. The Morgan fingerprint density at radius 1 is 1.25 bits per heavy atom. The van der Waals surface area contributed by atoms with Gasteiger partial charge in [0.05, 0.1) is 26.0 Å². The van der Waals surface area contributed by atoms with Crippen LogP contribution in [-0.4, -0.2) is 16.1 Å². The maximum atomic E-state index is 11.4. The summed E-state index contributed by atoms with van der Waals surface area (Å²) in [6.07, 6.45) is 0. The maximum absolute atomic E-state index is 11.4. The Bertz CT molecular complexity index is 831. The van der Waals surface area contributed by atoms with Gasteiger partial charge < -0.3 is 5.11 Å². The van der Waals surface area contributed by atoms with E-state index in [1.165, 1.54) is 11.3 Å². The van der Waals surface area contributed by atoms with Gasteiger partial charge >= 0.3 is 5.97 Å². The standard InChI is InChI=1S/C14H7BrClNO2S/c15-7-1-2-8-9(14(18)19)6-11(17-10(8)5-7)12-3-4-13(16)20-12/h1-6H,(H,18,19). The Labute approximate surface area is 132 Å². The zero-order chi connectivity index (χ0) is 14.3. The number of carboxylic acids is 1. The van der Waals surface area contributed by atoms with E-state index >= 15 is 0 Å². The molecule has 0 radical (unpaired) electrons. The number of carboxylic acid groups (broad SMARTS) is 1. The highest BCUT2D eigenvalue weighted by molar-refractivity contribution is 9.10. The number of pyridine rings is 1. The first-order chi connectivity index (χ1) is 9.54. The second kappa shape index (κ2) is 5.16. The summed E-state index contributed by atoms with van der Waals surface area (Å²) >= 11 is 10.7. The average Bonchev–Trinajstić information content (AvgIpc) is 2.83. The molecular weight excluding hydrogens is 362 g/mol. The average molecular weight is 369 g/mol. The van der Waals surface area contributed by atoms with E-state index in [9.17, 15) is 9.90 Å². The topological polar surface area (TPSA) is 50.2 Å². The molecule has 20 heavy (non-hydrogen) atoms. The summed E-state index contributed by atoms with van der Waals surface area (Å²) in [6, 6.07) is 10.6. The van der Waals surface area contributed by atoms with E-state index in [-0.39, 0.29) is 5.56 Å². The number of fused-ring (bicyclic) bond motifs is 1. The fraction of sp³-hybridized carbons (Fsp3) is 0. The van der Waals surface area contributed by atoms with E-state index in [2.05, 4.69) is 20.9 Å². The van der Waals surface area contributed by atoms with Gasteiger partial charge in [-0.1, -0.05) is 33.6 Å². The van der Waals surface area contributed by atoms with Gasteiger partial charge in [0, 0.05) is 9.86 Å². The van der Waals surface area contributed by atoms with E-state index < -0.39 is 5.97 Å². The maximum Gasteiger partial charge on any atom is 0.336 e. The Hall–Kier alpha value is -1.43. The molecular formula is C14H7BrClNO2S. The van der Waals surface area contributed by atoms with Gasteiger partial charge in [-0.25, -0.2) is 9.78 Å². The van der Waals surface area contributed by atoms with Crippen molar-refractivity contribution >= 4 is 55.7 Å². The van der Waals surface area contributed by atoms with Gasteiger partial charge in [-0.3, -0.25) is 0 Å². The number of hydrogen-bond acceptors (Lipinski definition) is 3. The number of rotatable bonds is 2. The highest BCUT2D eigenvalue weighted by Gasteiger charge is 2.14. The SMILES string of the molecule is O=C(O)c1cc(-c2ccc(Cl)s2)nc2cc(Br)ccc12. The van der Waals surface area contributed by atoms with Gasteiger partial charge in [-0.05, 0) is 30.3 Å². The summed E-state index contributed by atoms with van der Waals surface area (Å²) in [5.41, 5.74) is 1.49. The third-order valence-electron chi connectivity index (χ3n) is 2.83. The zero-order valence-corrected chi connectivity index (χ0v) is 13.1. The molecule has 0 saturated heterocycles. The zero-order valence-electron chi connectivity index (χ0n) is 9.93. The molecule has 0 amide bonds. The lowest BCUT2D eigenvalue weighted by Gasteiger charge is -2.06. The lowest BCUT2D eigenvalue weighted by Crippen LogP contribution is -1.99. The Balaban J connectivity index is 2.32. The third kappa shape index (κ3) is 2.44. The monoisotopic (exact) mass is 367 g/mol. The van der Waals surface area contributed by atoms with Gasteiger partial charge in [0.1, 0.15) is 0 Å². The van der Waals surface area contributed by atoms with Crippen LogP contribution < -0.4 is 0 Å². The van der Waals surface area contributed by atoms with Crippen molar-refractivity contribution in [3.63, 3.8) is 0 Å². The number of halogens is 2. The first kappa shape index (κ1) is 13.5. The van der Waals surface area contributed by atoms with Crippen molar-refractivity contribution in [3.8, 4) is 10.6 Å². The molecule has 0 bridgehead atoms. The van der Waals surface area contributed by atoms with Crippen LogP contribution in [-0.2, 0) is 0 Å². The minimum Gasteiger partial charge on any atom is -0.478 e. The van der Waals surface area contributed by atoms with E-state index in [4.69, 9.17) is 11.6 Å². The van der Waals surface area contributed by atoms with Crippen LogP contribution in [0.5, 0.6) is 0 Å². The summed E-state index contributed by atoms with van der Waals surface area (Å²) < 4.78 is 1.50. The molecule has 3 aromatic rings. The second-order valence-electron chi connectivity index (χ2n) is 4.13. The number of benzene rings is 1. The highest BCUT2D eigenvalue weighted by atomic mass is 79.9. The molecule has 0 unspecified atom stereocenters. The quantitative estimate of drug-likeness (QED) is 0.686. The van der Waals surface area contributed by atoms with Crippen molar-refractivity contribution in [2.75, 3.05) is 0 Å². The van der Waals surface area contributed by atoms with Crippen LogP contribution in [0.4, 0.5) is 0 Å². The molecule has 0 aliphatic heterocycles. The van der Waals surface area contributed by atoms with Crippen molar-refractivity contribution in [3.05, 3.63) is 50.8 Å². The van der Waals surface area contributed by atoms with E-state index in [0.29, 0.717) is 20.9 Å². The molecule has 0 atom stereocenters. The van der Waals surface area contributed by atoms with Crippen LogP contribution in [0.15, 0.2) is 40.9 Å². The Morgan fingerprint density at radius 2 is 2.05 bits per heavy atom. The number of hydrogen-bond donors (Lipinski definition) is 1. The van der Waals surface area contributed by atoms with Crippen LogP contribution in [0.25, 0.3) is 21.5 Å². The fourth-order valence-corrected chi connectivity index (χ4v) is 3.31. The van der Waals surface area contributed by atoms with Gasteiger partial charge in [0.15, 0.2) is 0 Å². The molecule has 0 fully saturated rings. The third-order valence-corrected chi connectivity index (χ3v) is 4.57. The largest absolute Gasteiger partial charge is 0.478 e. The summed E-state index contributed by atoms with van der Waals surface area (Å²) in [6.45, 7) is 0. The minimum absolute atomic E-state index is 0.238. The van der Waals surface area contributed by atoms with E-state index in [0.717, 1.165) is 9.35 Å². The van der Waals surface area contributed by atoms with E-state index in [1.807, 2.05) is 6.07 Å². The molecule has 3 rings (SSSR count). The summed E-state index contributed by atoms with van der Waals surface area (Å²) in [5, 5.41) is 9.98. The lowest BCUT2D eigenvalue weighted by atomic mass is 10.1. The van der Waals surface area contributed by atoms with Crippen molar-refractivity contribution in [1.82, 2.24) is 4.98 Å². The summed E-state index contributed by atoms with van der Waals surface area (Å²) in [4.78, 5) is 16.8. The predicted octanol–water partition coefficient (Wildman–Crippen LogP) is 5.08. The summed E-state index contributed by atoms with van der Waals surface area (Å²) in [7, 11) is 0. The highest BCUT2D eigenvalue weighted by Crippen LogP contribution is 2.32. The molecule has 0 aliphatic rings. The van der Waals surface area contributed by atoms with Crippen LogP contribution in [0.2, 0.25) is 4.34 Å². The molecule has 100 valence electrons. The molecule has 2 heterocycles. The van der Waals surface area contributed by atoms with Gasteiger partial charge in [-0.2, -0.15) is 0 Å². The van der Waals surface area contributed by atoms with Crippen LogP contribution >= 0.6 is 38.9 Å². The van der Waals surface area contributed by atoms with Crippen LogP contribution in [0.1, 0.15) is 10.4 Å². The Morgan fingerprint density at radius 3 is 2.70 bits per heavy atom. The molecule has 1 N–H and O–H groups in total. The van der Waals surface area contributed by atoms with Gasteiger partial charge in [0.2, 0.25) is 0 Å². The summed E-state index contributed by atoms with van der Waals surface area (Å²) in [5.74, 6) is -0.969. The minimum atomic E-state index is -0.969. The second-order valence-corrected chi connectivity index (χ2v) is 6.76. The number of thiophene rings is 1. The first-order valence-corrected chi connectivity index (χ1v) is 7.62. The molecule has 2 aromatic heterocycles. The first-order valence-electron chi connectivity index (χ1n) is 5.64. The molecule has 0 aliphatic carbocycles. The number of aromatic carboxylic acids is 1. The number of carbonyl (C=O) groups is 1. The molecule has 0 spiro atoms. The van der Waals surface area contributed by atoms with Gasteiger partial charge in [0.25, 0.3) is 0 Å². The van der Waals surface area contributed by atoms with Gasteiger partial charge in [-0.15, -0.1) is 11.3 Å². The smallest absolute Gasteiger partial charge is 0.336 e. The fourth-order valence-electron chi connectivity index (χ4n) is 1.96. The van der Waals surface area contributed by atoms with E-state index in [1.54, 1.807) is 30.3 Å². The van der Waals surface area contributed by atoms with Crippen molar-refractivity contribution in [2.45, 2.75) is 0 Å². The van der Waals surface area contributed by atoms with Crippen LogP contribution in [0, 0.1) is 0 Å². The van der Waals surface area contributed by atoms with Crippen LogP contribution in [0.3, 0.4) is 0 Å². The molecule has 6 heteroatoms. The molecule has 1 aromatic carbocycles. The van der Waals surface area contributed by atoms with Crippen molar-refractivity contribution in [2.24, 2.45) is 0 Å². The molecule has 0 saturated carbocycles. The number of aromatic nitrogens is 1. The normalized spacial score (nSPS) is 10.9. The molecule has 3 nitrogen and oxygen atoms in total. The van der Waals surface area contributed by atoms with Crippen molar-refractivity contribution in [1.29, 1.82) is 0 Å². The Kier molecular flexibility index (Phi) is 3.50. The predicted molar refractivity (Wildman–Crippen MR) is 84.7 cm³/mol. The van der Waals surface area contributed by atoms with Crippen molar-refractivity contribution < 1.29 is 9.90 Å². The number of nitrogens with zero attached hydrogens (tertiary/aromatic N) is 1.